The zero-order valence-corrected chi connectivity index (χ0v) is 10.9. The third-order valence-electron chi connectivity index (χ3n) is 3.31. The van der Waals surface area contributed by atoms with E-state index in [0.717, 1.165) is 33.8 Å². The van der Waals surface area contributed by atoms with Gasteiger partial charge in [-0.25, -0.2) is 9.97 Å². The first-order chi connectivity index (χ1) is 9.25. The lowest BCUT2D eigenvalue weighted by atomic mass is 10.0. The van der Waals surface area contributed by atoms with E-state index < -0.39 is 0 Å². The summed E-state index contributed by atoms with van der Waals surface area (Å²) in [6.07, 6.45) is 3.36. The molecule has 0 aliphatic heterocycles. The summed E-state index contributed by atoms with van der Waals surface area (Å²) in [5, 5.41) is 6.92. The van der Waals surface area contributed by atoms with Crippen molar-refractivity contribution in [3.05, 3.63) is 54.1 Å². The SMILES string of the molecule is Cc1ncnc(-c2ccc(-c3ccn[nH]3)cc2)c1C. The highest BCUT2D eigenvalue weighted by Crippen LogP contribution is 2.25. The van der Waals surface area contributed by atoms with Gasteiger partial charge in [0.25, 0.3) is 0 Å². The molecule has 3 rings (SSSR count). The second-order valence-electron chi connectivity index (χ2n) is 4.48. The molecular formula is C15H14N4. The highest BCUT2D eigenvalue weighted by molar-refractivity contribution is 5.68. The van der Waals surface area contributed by atoms with Gasteiger partial charge in [-0.3, -0.25) is 5.10 Å². The van der Waals surface area contributed by atoms with Crippen LogP contribution in [0, 0.1) is 13.8 Å². The van der Waals surface area contributed by atoms with Crippen molar-refractivity contribution in [3.8, 4) is 22.5 Å². The first-order valence-electron chi connectivity index (χ1n) is 6.14. The minimum absolute atomic E-state index is 0.990. The molecule has 4 nitrogen and oxygen atoms in total. The molecule has 0 fully saturated rings. The van der Waals surface area contributed by atoms with Crippen molar-refractivity contribution in [2.75, 3.05) is 0 Å². The Hall–Kier alpha value is -2.49. The lowest BCUT2D eigenvalue weighted by Gasteiger charge is -2.07. The Morgan fingerprint density at radius 3 is 2.32 bits per heavy atom. The Labute approximate surface area is 111 Å². The number of nitrogens with zero attached hydrogens (tertiary/aromatic N) is 3. The molecular weight excluding hydrogens is 236 g/mol. The van der Waals surface area contributed by atoms with Crippen molar-refractivity contribution in [1.29, 1.82) is 0 Å². The predicted molar refractivity (Wildman–Crippen MR) is 74.5 cm³/mol. The Kier molecular flexibility index (Phi) is 2.83. The summed E-state index contributed by atoms with van der Waals surface area (Å²) in [5.41, 5.74) is 6.36. The number of benzene rings is 1. The van der Waals surface area contributed by atoms with Crippen molar-refractivity contribution in [2.24, 2.45) is 0 Å². The summed E-state index contributed by atoms with van der Waals surface area (Å²) in [6.45, 7) is 4.05. The van der Waals surface area contributed by atoms with Crippen molar-refractivity contribution in [3.63, 3.8) is 0 Å². The number of hydrogen-bond donors (Lipinski definition) is 1. The number of H-pyrrole nitrogens is 1. The zero-order chi connectivity index (χ0) is 13.2. The van der Waals surface area contributed by atoms with Crippen LogP contribution in [0.2, 0.25) is 0 Å². The molecule has 0 atom stereocenters. The molecule has 0 amide bonds. The molecule has 0 saturated carbocycles. The van der Waals surface area contributed by atoms with Gasteiger partial charge in [0.1, 0.15) is 6.33 Å². The molecule has 4 heteroatoms. The zero-order valence-electron chi connectivity index (χ0n) is 10.9. The molecule has 0 radical (unpaired) electrons. The van der Waals surface area contributed by atoms with Gasteiger partial charge >= 0.3 is 0 Å². The maximum absolute atomic E-state index is 4.37. The normalized spacial score (nSPS) is 10.6. The summed E-state index contributed by atoms with van der Waals surface area (Å²) in [5.74, 6) is 0. The molecule has 0 aliphatic carbocycles. The van der Waals surface area contributed by atoms with Gasteiger partial charge in [0.2, 0.25) is 0 Å². The van der Waals surface area contributed by atoms with E-state index in [2.05, 4.69) is 44.4 Å². The predicted octanol–water partition coefficient (Wildman–Crippen LogP) is 3.15. The molecule has 0 aliphatic rings. The van der Waals surface area contributed by atoms with E-state index in [1.165, 1.54) is 0 Å². The Balaban J connectivity index is 2.01. The van der Waals surface area contributed by atoms with Crippen LogP contribution in [-0.4, -0.2) is 20.2 Å². The summed E-state index contributed by atoms with van der Waals surface area (Å²) < 4.78 is 0. The maximum atomic E-state index is 4.37. The fourth-order valence-electron chi connectivity index (χ4n) is 2.05. The number of hydrogen-bond acceptors (Lipinski definition) is 3. The van der Waals surface area contributed by atoms with Crippen LogP contribution in [0.3, 0.4) is 0 Å². The van der Waals surface area contributed by atoms with Crippen LogP contribution in [-0.2, 0) is 0 Å². The van der Waals surface area contributed by atoms with Crippen LogP contribution in [0.1, 0.15) is 11.3 Å². The minimum atomic E-state index is 0.990. The highest BCUT2D eigenvalue weighted by Gasteiger charge is 2.06. The van der Waals surface area contributed by atoms with E-state index in [9.17, 15) is 0 Å². The number of aromatic amines is 1. The van der Waals surface area contributed by atoms with E-state index in [1.54, 1.807) is 12.5 Å². The quantitative estimate of drug-likeness (QED) is 0.760. The number of aryl methyl sites for hydroxylation is 1. The molecule has 94 valence electrons. The topological polar surface area (TPSA) is 54.5 Å². The van der Waals surface area contributed by atoms with E-state index in [4.69, 9.17) is 0 Å². The van der Waals surface area contributed by atoms with Gasteiger partial charge < -0.3 is 0 Å². The highest BCUT2D eigenvalue weighted by atomic mass is 15.1. The van der Waals surface area contributed by atoms with Crippen LogP contribution in [0.25, 0.3) is 22.5 Å². The van der Waals surface area contributed by atoms with E-state index in [-0.39, 0.29) is 0 Å². The van der Waals surface area contributed by atoms with Crippen molar-refractivity contribution < 1.29 is 0 Å². The molecule has 19 heavy (non-hydrogen) atoms. The first kappa shape index (κ1) is 11.6. The molecule has 0 unspecified atom stereocenters. The Bertz CT molecular complexity index is 685. The Morgan fingerprint density at radius 1 is 0.895 bits per heavy atom. The van der Waals surface area contributed by atoms with Crippen LogP contribution in [0.4, 0.5) is 0 Å². The van der Waals surface area contributed by atoms with E-state index in [0.29, 0.717) is 0 Å². The van der Waals surface area contributed by atoms with Gasteiger partial charge in [-0.1, -0.05) is 24.3 Å². The van der Waals surface area contributed by atoms with Gasteiger partial charge in [0.05, 0.1) is 11.4 Å². The van der Waals surface area contributed by atoms with Crippen molar-refractivity contribution in [1.82, 2.24) is 20.2 Å². The fraction of sp³-hybridized carbons (Fsp3) is 0.133. The Morgan fingerprint density at radius 2 is 1.63 bits per heavy atom. The van der Waals surface area contributed by atoms with E-state index in [1.807, 2.05) is 19.9 Å². The van der Waals surface area contributed by atoms with Gasteiger partial charge in [0, 0.05) is 17.5 Å². The minimum Gasteiger partial charge on any atom is -0.278 e. The molecule has 1 N–H and O–H groups in total. The van der Waals surface area contributed by atoms with Gasteiger partial charge in [-0.05, 0) is 31.0 Å². The fourth-order valence-corrected chi connectivity index (χ4v) is 2.05. The summed E-state index contributed by atoms with van der Waals surface area (Å²) in [4.78, 5) is 8.57. The standard InChI is InChI=1S/C15H14N4/c1-10-11(2)16-9-17-15(10)13-5-3-12(4-6-13)14-7-8-18-19-14/h3-9H,1-2H3,(H,18,19). The lowest BCUT2D eigenvalue weighted by molar-refractivity contribution is 1.07. The smallest absolute Gasteiger partial charge is 0.116 e. The average molecular weight is 250 g/mol. The molecule has 2 heterocycles. The first-order valence-corrected chi connectivity index (χ1v) is 6.14. The molecule has 0 spiro atoms. The van der Waals surface area contributed by atoms with Crippen LogP contribution in [0.15, 0.2) is 42.9 Å². The summed E-state index contributed by atoms with van der Waals surface area (Å²) >= 11 is 0. The van der Waals surface area contributed by atoms with Crippen LogP contribution < -0.4 is 0 Å². The largest absolute Gasteiger partial charge is 0.278 e. The molecule has 1 aromatic carbocycles. The van der Waals surface area contributed by atoms with Gasteiger partial charge in [-0.15, -0.1) is 0 Å². The molecule has 2 aromatic heterocycles. The lowest BCUT2D eigenvalue weighted by Crippen LogP contribution is -1.94. The monoisotopic (exact) mass is 250 g/mol. The molecule has 0 bridgehead atoms. The molecule has 3 aromatic rings. The van der Waals surface area contributed by atoms with Crippen LogP contribution in [0.5, 0.6) is 0 Å². The number of aromatic nitrogens is 4. The van der Waals surface area contributed by atoms with Gasteiger partial charge in [0.15, 0.2) is 0 Å². The second-order valence-corrected chi connectivity index (χ2v) is 4.48. The number of nitrogens with one attached hydrogen (secondary N) is 1. The maximum Gasteiger partial charge on any atom is 0.116 e. The van der Waals surface area contributed by atoms with Gasteiger partial charge in [-0.2, -0.15) is 5.10 Å². The third-order valence-corrected chi connectivity index (χ3v) is 3.31. The number of rotatable bonds is 2. The third kappa shape index (κ3) is 2.12. The van der Waals surface area contributed by atoms with E-state index >= 15 is 0 Å². The summed E-state index contributed by atoms with van der Waals surface area (Å²) in [7, 11) is 0. The van der Waals surface area contributed by atoms with Crippen LogP contribution >= 0.6 is 0 Å². The summed E-state index contributed by atoms with van der Waals surface area (Å²) in [6, 6.07) is 10.2. The average Bonchev–Trinajstić information content (AvgIpc) is 2.96. The van der Waals surface area contributed by atoms with Crippen molar-refractivity contribution >= 4 is 0 Å². The molecule has 0 saturated heterocycles. The second kappa shape index (κ2) is 4.65. The van der Waals surface area contributed by atoms with Crippen molar-refractivity contribution in [2.45, 2.75) is 13.8 Å².